The largest absolute Gasteiger partial charge is 0.450 e. The van der Waals surface area contributed by atoms with E-state index in [4.69, 9.17) is 4.74 Å². The lowest BCUT2D eigenvalue weighted by Gasteiger charge is -2.39. The SMILES string of the molecule is CCOC(=O)N[C@H]1CCN(C2CCC(C#N)(c3cccc(C)c3)CC2)C1. The number of amides is 1. The molecular formula is C21H29N3O2. The number of hydrogen-bond acceptors (Lipinski definition) is 4. The van der Waals surface area contributed by atoms with Crippen LogP contribution in [0.25, 0.3) is 0 Å². The smallest absolute Gasteiger partial charge is 0.407 e. The number of nitrogens with one attached hydrogen (secondary N) is 1. The van der Waals surface area contributed by atoms with Crippen molar-refractivity contribution in [3.8, 4) is 6.07 Å². The van der Waals surface area contributed by atoms with Crippen molar-refractivity contribution in [2.75, 3.05) is 19.7 Å². The Morgan fingerprint density at radius 2 is 2.15 bits per heavy atom. The average molecular weight is 355 g/mol. The van der Waals surface area contributed by atoms with Crippen LogP contribution in [-0.2, 0) is 10.2 Å². The zero-order valence-electron chi connectivity index (χ0n) is 15.8. The Balaban J connectivity index is 1.57. The number of carbonyl (C=O) groups is 1. The van der Waals surface area contributed by atoms with Crippen LogP contribution < -0.4 is 5.32 Å². The van der Waals surface area contributed by atoms with Crippen molar-refractivity contribution in [2.24, 2.45) is 0 Å². The van der Waals surface area contributed by atoms with Crippen molar-refractivity contribution in [1.82, 2.24) is 10.2 Å². The van der Waals surface area contributed by atoms with E-state index in [0.29, 0.717) is 12.6 Å². The van der Waals surface area contributed by atoms with Crippen LogP contribution in [0.4, 0.5) is 4.79 Å². The van der Waals surface area contributed by atoms with Crippen LogP contribution in [0, 0.1) is 18.3 Å². The molecule has 5 nitrogen and oxygen atoms in total. The first-order chi connectivity index (χ1) is 12.6. The van der Waals surface area contributed by atoms with E-state index in [1.165, 1.54) is 11.1 Å². The van der Waals surface area contributed by atoms with Crippen molar-refractivity contribution in [3.05, 3.63) is 35.4 Å². The van der Waals surface area contributed by atoms with Crippen molar-refractivity contribution >= 4 is 6.09 Å². The molecule has 3 rings (SSSR count). The summed E-state index contributed by atoms with van der Waals surface area (Å²) in [6.45, 7) is 6.19. The normalized spacial score (nSPS) is 29.1. The van der Waals surface area contributed by atoms with Crippen molar-refractivity contribution < 1.29 is 9.53 Å². The van der Waals surface area contributed by atoms with Gasteiger partial charge in [-0.15, -0.1) is 0 Å². The highest BCUT2D eigenvalue weighted by molar-refractivity contribution is 5.67. The second-order valence-electron chi connectivity index (χ2n) is 7.64. The van der Waals surface area contributed by atoms with Gasteiger partial charge in [-0.3, -0.25) is 4.90 Å². The van der Waals surface area contributed by atoms with E-state index in [1.54, 1.807) is 0 Å². The van der Waals surface area contributed by atoms with Crippen LogP contribution in [0.15, 0.2) is 24.3 Å². The number of aryl methyl sites for hydroxylation is 1. The van der Waals surface area contributed by atoms with Gasteiger partial charge in [-0.2, -0.15) is 5.26 Å². The first-order valence-electron chi connectivity index (χ1n) is 9.72. The van der Waals surface area contributed by atoms with Gasteiger partial charge in [0.05, 0.1) is 18.1 Å². The fraction of sp³-hybridized carbons (Fsp3) is 0.619. The zero-order chi connectivity index (χ0) is 18.6. The number of nitriles is 1. The molecule has 1 saturated carbocycles. The van der Waals surface area contributed by atoms with Gasteiger partial charge in [0.2, 0.25) is 0 Å². The van der Waals surface area contributed by atoms with Crippen LogP contribution in [0.1, 0.15) is 50.2 Å². The highest BCUT2D eigenvalue weighted by atomic mass is 16.5. The molecule has 2 fully saturated rings. The minimum Gasteiger partial charge on any atom is -0.450 e. The van der Waals surface area contributed by atoms with Gasteiger partial charge in [-0.1, -0.05) is 29.8 Å². The third kappa shape index (κ3) is 4.02. The van der Waals surface area contributed by atoms with Gasteiger partial charge >= 0.3 is 6.09 Å². The van der Waals surface area contributed by atoms with E-state index >= 15 is 0 Å². The number of alkyl carbamates (subject to hydrolysis) is 1. The maximum atomic E-state index is 11.6. The van der Waals surface area contributed by atoms with Gasteiger partial charge in [0.15, 0.2) is 0 Å². The first kappa shape index (κ1) is 18.7. The number of benzene rings is 1. The third-order valence-corrected chi connectivity index (χ3v) is 5.93. The summed E-state index contributed by atoms with van der Waals surface area (Å²) >= 11 is 0. The number of carbonyl (C=O) groups excluding carboxylic acids is 1. The van der Waals surface area contributed by atoms with Crippen LogP contribution in [0.2, 0.25) is 0 Å². The summed E-state index contributed by atoms with van der Waals surface area (Å²) in [5, 5.41) is 12.9. The molecule has 140 valence electrons. The minimum atomic E-state index is -0.342. The molecular weight excluding hydrogens is 326 g/mol. The molecule has 0 bridgehead atoms. The van der Waals surface area contributed by atoms with Gasteiger partial charge in [-0.05, 0) is 51.5 Å². The fourth-order valence-corrected chi connectivity index (χ4v) is 4.44. The van der Waals surface area contributed by atoms with E-state index in [0.717, 1.165) is 45.2 Å². The van der Waals surface area contributed by atoms with Crippen LogP contribution in [0.3, 0.4) is 0 Å². The maximum Gasteiger partial charge on any atom is 0.407 e. The Bertz CT molecular complexity index is 674. The Hall–Kier alpha value is -2.06. The molecule has 1 saturated heterocycles. The lowest BCUT2D eigenvalue weighted by Crippen LogP contribution is -2.43. The molecule has 1 aromatic carbocycles. The number of ether oxygens (including phenoxy) is 1. The van der Waals surface area contributed by atoms with Crippen LogP contribution >= 0.6 is 0 Å². The highest BCUT2D eigenvalue weighted by Crippen LogP contribution is 2.41. The molecule has 2 aliphatic rings. The Kier molecular flexibility index (Phi) is 5.83. The summed E-state index contributed by atoms with van der Waals surface area (Å²) < 4.78 is 4.98. The van der Waals surface area contributed by atoms with E-state index in [2.05, 4.69) is 47.5 Å². The van der Waals surface area contributed by atoms with Crippen molar-refractivity contribution in [3.63, 3.8) is 0 Å². The topological polar surface area (TPSA) is 65.4 Å². The summed E-state index contributed by atoms with van der Waals surface area (Å²) in [5.74, 6) is 0. The van der Waals surface area contributed by atoms with Gasteiger partial charge in [-0.25, -0.2) is 4.79 Å². The lowest BCUT2D eigenvalue weighted by molar-refractivity contribution is 0.143. The monoisotopic (exact) mass is 355 g/mol. The van der Waals surface area contributed by atoms with Crippen molar-refractivity contribution in [2.45, 2.75) is 63.5 Å². The molecule has 0 spiro atoms. The number of nitrogens with zero attached hydrogens (tertiary/aromatic N) is 2. The summed E-state index contributed by atoms with van der Waals surface area (Å²) in [5.41, 5.74) is 2.04. The summed E-state index contributed by atoms with van der Waals surface area (Å²) in [6.07, 6.45) is 4.54. The molecule has 0 unspecified atom stereocenters. The van der Waals surface area contributed by atoms with Gasteiger partial charge in [0.25, 0.3) is 0 Å². The lowest BCUT2D eigenvalue weighted by atomic mass is 9.69. The predicted octanol–water partition coefficient (Wildman–Crippen LogP) is 3.52. The second kappa shape index (κ2) is 8.09. The molecule has 1 atom stereocenters. The summed E-state index contributed by atoms with van der Waals surface area (Å²) in [7, 11) is 0. The standard InChI is InChI=1S/C21H29N3O2/c1-3-26-20(25)23-18-9-12-24(14-18)19-7-10-21(15-22,11-8-19)17-6-4-5-16(2)13-17/h4-6,13,18-19H,3,7-12,14H2,1-2H3,(H,23,25)/t18-,19?,21?/m0/s1. The van der Waals surface area contributed by atoms with E-state index in [1.807, 2.05) is 6.92 Å². The molecule has 0 radical (unpaired) electrons. The number of rotatable bonds is 4. The summed E-state index contributed by atoms with van der Waals surface area (Å²) in [4.78, 5) is 14.1. The Labute approximate surface area is 156 Å². The number of likely N-dealkylation sites (tertiary alicyclic amines) is 1. The zero-order valence-corrected chi connectivity index (χ0v) is 15.8. The quantitative estimate of drug-likeness (QED) is 0.897. The van der Waals surface area contributed by atoms with Crippen molar-refractivity contribution in [1.29, 1.82) is 5.26 Å². The minimum absolute atomic E-state index is 0.175. The molecule has 5 heteroatoms. The predicted molar refractivity (Wildman–Crippen MR) is 101 cm³/mol. The Morgan fingerprint density at radius 1 is 1.38 bits per heavy atom. The first-order valence-corrected chi connectivity index (χ1v) is 9.72. The summed E-state index contributed by atoms with van der Waals surface area (Å²) in [6, 6.07) is 11.7. The molecule has 1 N–H and O–H groups in total. The van der Waals surface area contributed by atoms with Crippen LogP contribution in [0.5, 0.6) is 0 Å². The molecule has 1 aromatic rings. The molecule has 0 aromatic heterocycles. The second-order valence-corrected chi connectivity index (χ2v) is 7.64. The van der Waals surface area contributed by atoms with E-state index in [9.17, 15) is 10.1 Å². The third-order valence-electron chi connectivity index (χ3n) is 5.93. The molecule has 1 heterocycles. The molecule has 26 heavy (non-hydrogen) atoms. The van der Waals surface area contributed by atoms with Gasteiger partial charge < -0.3 is 10.1 Å². The fourth-order valence-electron chi connectivity index (χ4n) is 4.44. The van der Waals surface area contributed by atoms with Crippen LogP contribution in [-0.4, -0.2) is 42.8 Å². The van der Waals surface area contributed by atoms with Gasteiger partial charge in [0, 0.05) is 25.2 Å². The molecule has 1 aliphatic carbocycles. The Morgan fingerprint density at radius 3 is 2.81 bits per heavy atom. The van der Waals surface area contributed by atoms with E-state index in [-0.39, 0.29) is 17.6 Å². The number of hydrogen-bond donors (Lipinski definition) is 1. The molecule has 1 amide bonds. The van der Waals surface area contributed by atoms with E-state index < -0.39 is 0 Å². The maximum absolute atomic E-state index is 11.6. The van der Waals surface area contributed by atoms with Gasteiger partial charge in [0.1, 0.15) is 0 Å². The highest BCUT2D eigenvalue weighted by Gasteiger charge is 2.40. The average Bonchev–Trinajstić information content (AvgIpc) is 3.10. The molecule has 1 aliphatic heterocycles.